The van der Waals surface area contributed by atoms with Crippen molar-refractivity contribution in [1.82, 2.24) is 15.2 Å². The van der Waals surface area contributed by atoms with Crippen LogP contribution in [-0.2, 0) is 4.79 Å². The van der Waals surface area contributed by atoms with Gasteiger partial charge in [0.1, 0.15) is 18.1 Å². The molecule has 3 aromatic rings. The van der Waals surface area contributed by atoms with Gasteiger partial charge in [0, 0.05) is 18.7 Å². The Kier molecular flexibility index (Phi) is 8.43. The van der Waals surface area contributed by atoms with Crippen LogP contribution in [0.2, 0.25) is 0 Å². The average Bonchev–Trinajstić information content (AvgIpc) is 2.88. The van der Waals surface area contributed by atoms with Gasteiger partial charge in [-0.25, -0.2) is 0 Å². The topological polar surface area (TPSA) is 63.7 Å². The van der Waals surface area contributed by atoms with E-state index in [4.69, 9.17) is 4.74 Å². The Bertz CT molecular complexity index is 1110. The number of rotatable bonds is 9. The van der Waals surface area contributed by atoms with E-state index in [9.17, 15) is 18.0 Å². The summed E-state index contributed by atoms with van der Waals surface area (Å²) in [5.74, 6) is 0.142. The van der Waals surface area contributed by atoms with Crippen LogP contribution in [0.3, 0.4) is 0 Å². The maximum atomic E-state index is 13.2. The van der Waals surface area contributed by atoms with Gasteiger partial charge in [0.05, 0.1) is 11.7 Å². The molecule has 1 amide bonds. The number of piperidine rings is 1. The normalized spacial score (nSPS) is 15.8. The third kappa shape index (κ3) is 7.45. The Morgan fingerprint density at radius 1 is 1.00 bits per heavy atom. The van der Waals surface area contributed by atoms with E-state index in [0.717, 1.165) is 25.4 Å². The Labute approximate surface area is 208 Å². The van der Waals surface area contributed by atoms with Crippen molar-refractivity contribution in [3.63, 3.8) is 0 Å². The van der Waals surface area contributed by atoms with Gasteiger partial charge in [0.15, 0.2) is 0 Å². The minimum Gasteiger partial charge on any atom is -0.492 e. The number of amides is 1. The van der Waals surface area contributed by atoms with Gasteiger partial charge in [-0.15, -0.1) is 13.2 Å². The first kappa shape index (κ1) is 25.5. The maximum absolute atomic E-state index is 13.2. The molecule has 0 bridgehead atoms. The number of pyridine rings is 1. The molecular formula is C27H28F3N3O3. The van der Waals surface area contributed by atoms with Crippen molar-refractivity contribution in [3.8, 4) is 11.5 Å². The van der Waals surface area contributed by atoms with Crippen LogP contribution in [0.25, 0.3) is 0 Å². The molecule has 1 aliphatic heterocycles. The molecule has 0 saturated carbocycles. The molecule has 0 radical (unpaired) electrons. The number of aromatic nitrogens is 1. The molecule has 9 heteroatoms. The lowest BCUT2D eigenvalue weighted by Gasteiger charge is -2.32. The second kappa shape index (κ2) is 11.9. The van der Waals surface area contributed by atoms with Gasteiger partial charge < -0.3 is 14.8 Å². The SMILES string of the molecule is O=C(NC(c1cccc(OC(F)(F)F)c1)c1ccccn1)C1CCN(CCOc2ccccc2)CC1. The molecule has 1 aromatic heterocycles. The van der Waals surface area contributed by atoms with E-state index >= 15 is 0 Å². The van der Waals surface area contributed by atoms with Crippen molar-refractivity contribution in [1.29, 1.82) is 0 Å². The molecule has 0 aliphatic carbocycles. The van der Waals surface area contributed by atoms with Gasteiger partial charge in [-0.2, -0.15) is 0 Å². The first-order chi connectivity index (χ1) is 17.4. The number of nitrogens with zero attached hydrogens (tertiary/aromatic N) is 2. The summed E-state index contributed by atoms with van der Waals surface area (Å²) in [5.41, 5.74) is 0.991. The van der Waals surface area contributed by atoms with Crippen LogP contribution >= 0.6 is 0 Å². The Hall–Kier alpha value is -3.59. The Morgan fingerprint density at radius 2 is 1.72 bits per heavy atom. The highest BCUT2D eigenvalue weighted by Gasteiger charge is 2.32. The lowest BCUT2D eigenvalue weighted by Crippen LogP contribution is -2.43. The van der Waals surface area contributed by atoms with E-state index in [1.165, 1.54) is 18.2 Å². The molecule has 190 valence electrons. The van der Waals surface area contributed by atoms with Crippen LogP contribution in [0.4, 0.5) is 13.2 Å². The fourth-order valence-corrected chi connectivity index (χ4v) is 4.25. The Morgan fingerprint density at radius 3 is 2.42 bits per heavy atom. The standard InChI is InChI=1S/C27H28F3N3O3/c28-27(29,30)36-23-10-6-7-21(19-23)25(24-11-4-5-14-31-24)32-26(34)20-12-15-33(16-13-20)17-18-35-22-8-2-1-3-9-22/h1-11,14,19-20,25H,12-13,15-18H2,(H,32,34). The zero-order chi connectivity index (χ0) is 25.4. The number of para-hydroxylation sites is 1. The van der Waals surface area contributed by atoms with Crippen molar-refractivity contribution in [2.45, 2.75) is 25.2 Å². The van der Waals surface area contributed by atoms with E-state index in [1.54, 1.807) is 30.5 Å². The first-order valence-corrected chi connectivity index (χ1v) is 11.8. The number of likely N-dealkylation sites (tertiary alicyclic amines) is 1. The van der Waals surface area contributed by atoms with Crippen LogP contribution in [0.5, 0.6) is 11.5 Å². The smallest absolute Gasteiger partial charge is 0.492 e. The zero-order valence-corrected chi connectivity index (χ0v) is 19.7. The molecule has 1 atom stereocenters. The molecule has 1 unspecified atom stereocenters. The predicted octanol–water partition coefficient (Wildman–Crippen LogP) is 4.98. The van der Waals surface area contributed by atoms with Gasteiger partial charge in [-0.3, -0.25) is 14.7 Å². The highest BCUT2D eigenvalue weighted by molar-refractivity contribution is 5.79. The molecular weight excluding hydrogens is 471 g/mol. The highest BCUT2D eigenvalue weighted by Crippen LogP contribution is 2.29. The van der Waals surface area contributed by atoms with E-state index in [0.29, 0.717) is 30.7 Å². The number of nitrogens with one attached hydrogen (secondary N) is 1. The first-order valence-electron chi connectivity index (χ1n) is 11.8. The minimum atomic E-state index is -4.80. The largest absolute Gasteiger partial charge is 0.573 e. The van der Waals surface area contributed by atoms with Crippen LogP contribution in [0.1, 0.15) is 30.1 Å². The van der Waals surface area contributed by atoms with Crippen molar-refractivity contribution < 1.29 is 27.4 Å². The minimum absolute atomic E-state index is 0.145. The van der Waals surface area contributed by atoms with Gasteiger partial charge in [-0.1, -0.05) is 36.4 Å². The van der Waals surface area contributed by atoms with Crippen molar-refractivity contribution in [2.75, 3.05) is 26.2 Å². The number of benzene rings is 2. The van der Waals surface area contributed by atoms with Crippen molar-refractivity contribution in [3.05, 3.63) is 90.3 Å². The van der Waals surface area contributed by atoms with E-state index in [1.807, 2.05) is 30.3 Å². The van der Waals surface area contributed by atoms with E-state index < -0.39 is 12.4 Å². The average molecular weight is 500 g/mol. The van der Waals surface area contributed by atoms with Gasteiger partial charge in [0.25, 0.3) is 0 Å². The highest BCUT2D eigenvalue weighted by atomic mass is 19.4. The summed E-state index contributed by atoms with van der Waals surface area (Å²) in [6.45, 7) is 2.86. The summed E-state index contributed by atoms with van der Waals surface area (Å²) in [6, 6.07) is 19.8. The van der Waals surface area contributed by atoms with Crippen LogP contribution < -0.4 is 14.8 Å². The van der Waals surface area contributed by atoms with Crippen LogP contribution in [0.15, 0.2) is 79.0 Å². The molecule has 1 fully saturated rings. The molecule has 0 spiro atoms. The summed E-state index contributed by atoms with van der Waals surface area (Å²) < 4.78 is 48.0. The van der Waals surface area contributed by atoms with E-state index in [-0.39, 0.29) is 17.6 Å². The number of ether oxygens (including phenoxy) is 2. The molecule has 36 heavy (non-hydrogen) atoms. The molecule has 6 nitrogen and oxygen atoms in total. The number of halogens is 3. The van der Waals surface area contributed by atoms with Crippen LogP contribution in [0, 0.1) is 5.92 Å². The molecule has 1 N–H and O–H groups in total. The van der Waals surface area contributed by atoms with Gasteiger partial charge in [-0.05, 0) is 67.9 Å². The summed E-state index contributed by atoms with van der Waals surface area (Å²) >= 11 is 0. The quantitative estimate of drug-likeness (QED) is 0.450. The molecule has 1 saturated heterocycles. The number of hydrogen-bond donors (Lipinski definition) is 1. The third-order valence-corrected chi connectivity index (χ3v) is 6.07. The van der Waals surface area contributed by atoms with Crippen LogP contribution in [-0.4, -0.2) is 48.4 Å². The number of alkyl halides is 3. The predicted molar refractivity (Wildman–Crippen MR) is 128 cm³/mol. The Balaban J connectivity index is 1.36. The number of hydrogen-bond acceptors (Lipinski definition) is 5. The third-order valence-electron chi connectivity index (χ3n) is 6.07. The van der Waals surface area contributed by atoms with Crippen molar-refractivity contribution >= 4 is 5.91 Å². The second-order valence-corrected chi connectivity index (χ2v) is 8.59. The fourth-order valence-electron chi connectivity index (χ4n) is 4.25. The lowest BCUT2D eigenvalue weighted by atomic mass is 9.94. The van der Waals surface area contributed by atoms with Crippen molar-refractivity contribution in [2.24, 2.45) is 5.92 Å². The molecule has 2 aromatic carbocycles. The maximum Gasteiger partial charge on any atom is 0.573 e. The molecule has 1 aliphatic rings. The monoisotopic (exact) mass is 499 g/mol. The summed E-state index contributed by atoms with van der Waals surface area (Å²) in [4.78, 5) is 19.8. The number of carbonyl (C=O) groups is 1. The van der Waals surface area contributed by atoms with E-state index in [2.05, 4.69) is 19.9 Å². The zero-order valence-electron chi connectivity index (χ0n) is 19.7. The molecule has 4 rings (SSSR count). The summed E-state index contributed by atoms with van der Waals surface area (Å²) in [6.07, 6.45) is -1.85. The summed E-state index contributed by atoms with van der Waals surface area (Å²) in [5, 5.41) is 3.01. The second-order valence-electron chi connectivity index (χ2n) is 8.59. The summed E-state index contributed by atoms with van der Waals surface area (Å²) in [7, 11) is 0. The van der Waals surface area contributed by atoms with Gasteiger partial charge >= 0.3 is 6.36 Å². The van der Waals surface area contributed by atoms with Gasteiger partial charge in [0.2, 0.25) is 5.91 Å². The number of carbonyl (C=O) groups excluding carboxylic acids is 1. The lowest BCUT2D eigenvalue weighted by molar-refractivity contribution is -0.274. The molecule has 2 heterocycles. The fraction of sp³-hybridized carbons (Fsp3) is 0.333.